The summed E-state index contributed by atoms with van der Waals surface area (Å²) in [7, 11) is 0. The maximum absolute atomic E-state index is 4.04. The molecule has 0 spiro atoms. The van der Waals surface area contributed by atoms with Crippen LogP contribution < -0.4 is 5.32 Å². The first kappa shape index (κ1) is 13.3. The second-order valence-corrected chi connectivity index (χ2v) is 5.49. The number of imidazole rings is 1. The number of benzene rings is 1. The fourth-order valence-corrected chi connectivity index (χ4v) is 2.82. The van der Waals surface area contributed by atoms with Crippen LogP contribution in [0.2, 0.25) is 0 Å². The largest absolute Gasteiger partial charge is 0.348 e. The van der Waals surface area contributed by atoms with Gasteiger partial charge in [0.15, 0.2) is 0 Å². The second kappa shape index (κ2) is 6.68. The molecule has 0 radical (unpaired) electrons. The Bertz CT molecular complexity index is 494. The van der Waals surface area contributed by atoms with Gasteiger partial charge in [-0.3, -0.25) is 4.90 Å². The molecule has 1 saturated heterocycles. The van der Waals surface area contributed by atoms with Gasteiger partial charge in [0.05, 0.1) is 6.33 Å². The number of rotatable bonds is 6. The third-order valence-electron chi connectivity index (χ3n) is 3.90. The first-order valence-corrected chi connectivity index (χ1v) is 7.37. The van der Waals surface area contributed by atoms with Gasteiger partial charge in [0.1, 0.15) is 0 Å². The molecule has 1 aliphatic rings. The maximum Gasteiger partial charge on any atom is 0.0921 e. The van der Waals surface area contributed by atoms with E-state index < -0.39 is 0 Å². The molecule has 1 aliphatic heterocycles. The molecular weight excluding hydrogens is 248 g/mol. The molecule has 2 N–H and O–H groups in total. The summed E-state index contributed by atoms with van der Waals surface area (Å²) in [6.07, 6.45) is 5.91. The van der Waals surface area contributed by atoms with Crippen LogP contribution in [0.1, 0.15) is 17.7 Å². The molecule has 2 heterocycles. The van der Waals surface area contributed by atoms with Gasteiger partial charge in [-0.25, -0.2) is 4.98 Å². The molecule has 4 heteroatoms. The summed E-state index contributed by atoms with van der Waals surface area (Å²) in [5.41, 5.74) is 2.61. The van der Waals surface area contributed by atoms with Crippen molar-refractivity contribution in [3.63, 3.8) is 0 Å². The zero-order valence-electron chi connectivity index (χ0n) is 11.8. The maximum atomic E-state index is 4.04. The zero-order valence-corrected chi connectivity index (χ0v) is 11.8. The van der Waals surface area contributed by atoms with Crippen LogP contribution in [0.25, 0.3) is 0 Å². The quantitative estimate of drug-likeness (QED) is 0.841. The number of aromatic amines is 1. The number of nitrogens with zero attached hydrogens (tertiary/aromatic N) is 2. The topological polar surface area (TPSA) is 44.0 Å². The minimum absolute atomic E-state index is 0.627. The Morgan fingerprint density at radius 1 is 1.30 bits per heavy atom. The number of likely N-dealkylation sites (tertiary alicyclic amines) is 1. The molecule has 3 rings (SSSR count). The Balaban J connectivity index is 1.38. The first-order chi connectivity index (χ1) is 9.90. The summed E-state index contributed by atoms with van der Waals surface area (Å²) >= 11 is 0. The van der Waals surface area contributed by atoms with E-state index in [-0.39, 0.29) is 0 Å². The van der Waals surface area contributed by atoms with Gasteiger partial charge in [-0.15, -0.1) is 0 Å². The molecule has 1 aromatic heterocycles. The number of hydrogen-bond acceptors (Lipinski definition) is 3. The fourth-order valence-electron chi connectivity index (χ4n) is 2.82. The molecule has 0 bridgehead atoms. The van der Waals surface area contributed by atoms with Crippen molar-refractivity contribution in [3.8, 4) is 0 Å². The molecule has 1 atom stereocenters. The Kier molecular flexibility index (Phi) is 4.46. The highest BCUT2D eigenvalue weighted by Crippen LogP contribution is 2.13. The van der Waals surface area contributed by atoms with Crippen LogP contribution in [-0.2, 0) is 13.0 Å². The molecule has 4 nitrogen and oxygen atoms in total. The van der Waals surface area contributed by atoms with E-state index in [0.29, 0.717) is 6.04 Å². The summed E-state index contributed by atoms with van der Waals surface area (Å²) in [5, 5.41) is 3.65. The van der Waals surface area contributed by atoms with E-state index in [4.69, 9.17) is 0 Å². The summed E-state index contributed by atoms with van der Waals surface area (Å²) in [6, 6.07) is 11.4. The van der Waals surface area contributed by atoms with Crippen LogP contribution >= 0.6 is 0 Å². The zero-order chi connectivity index (χ0) is 13.6. The highest BCUT2D eigenvalue weighted by Gasteiger charge is 2.21. The minimum atomic E-state index is 0.627. The Labute approximate surface area is 120 Å². The number of hydrogen-bond donors (Lipinski definition) is 2. The van der Waals surface area contributed by atoms with Crippen LogP contribution in [0.3, 0.4) is 0 Å². The Hall–Kier alpha value is -1.65. The molecule has 1 unspecified atom stereocenters. The van der Waals surface area contributed by atoms with Crippen molar-refractivity contribution in [1.29, 1.82) is 0 Å². The summed E-state index contributed by atoms with van der Waals surface area (Å²) in [5.74, 6) is 0. The van der Waals surface area contributed by atoms with E-state index in [9.17, 15) is 0 Å². The summed E-state index contributed by atoms with van der Waals surface area (Å²) in [6.45, 7) is 4.43. The first-order valence-electron chi connectivity index (χ1n) is 7.37. The fraction of sp³-hybridized carbons (Fsp3) is 0.438. The van der Waals surface area contributed by atoms with Gasteiger partial charge >= 0.3 is 0 Å². The van der Waals surface area contributed by atoms with E-state index in [1.54, 1.807) is 6.33 Å². The predicted octanol–water partition coefficient (Wildman–Crippen LogP) is 1.82. The summed E-state index contributed by atoms with van der Waals surface area (Å²) in [4.78, 5) is 9.71. The van der Waals surface area contributed by atoms with E-state index in [0.717, 1.165) is 26.1 Å². The molecule has 106 valence electrons. The molecular formula is C16H22N4. The van der Waals surface area contributed by atoms with Crippen LogP contribution in [0.4, 0.5) is 0 Å². The lowest BCUT2D eigenvalue weighted by Crippen LogP contribution is -2.33. The lowest BCUT2D eigenvalue weighted by molar-refractivity contribution is 0.320. The molecule has 1 fully saturated rings. The third kappa shape index (κ3) is 3.68. The number of aromatic nitrogens is 2. The van der Waals surface area contributed by atoms with Gasteiger partial charge in [-0.2, -0.15) is 0 Å². The van der Waals surface area contributed by atoms with E-state index >= 15 is 0 Å². The summed E-state index contributed by atoms with van der Waals surface area (Å²) < 4.78 is 0. The van der Waals surface area contributed by atoms with Gasteiger partial charge in [-0.05, 0) is 12.0 Å². The SMILES string of the molecule is c1ccc(CN2CCC(NCCc3cnc[nH]3)C2)cc1. The Morgan fingerprint density at radius 3 is 3.00 bits per heavy atom. The number of nitrogens with one attached hydrogen (secondary N) is 2. The van der Waals surface area contributed by atoms with Gasteiger partial charge in [0.2, 0.25) is 0 Å². The normalized spacial score (nSPS) is 19.5. The Morgan fingerprint density at radius 2 is 2.20 bits per heavy atom. The smallest absolute Gasteiger partial charge is 0.0921 e. The highest BCUT2D eigenvalue weighted by molar-refractivity contribution is 5.14. The lowest BCUT2D eigenvalue weighted by atomic mass is 10.2. The second-order valence-electron chi connectivity index (χ2n) is 5.49. The van der Waals surface area contributed by atoms with Crippen LogP contribution in [0.15, 0.2) is 42.9 Å². The van der Waals surface area contributed by atoms with Crippen LogP contribution in [-0.4, -0.2) is 40.5 Å². The molecule has 0 amide bonds. The van der Waals surface area contributed by atoms with Crippen molar-refractivity contribution in [2.75, 3.05) is 19.6 Å². The van der Waals surface area contributed by atoms with Crippen molar-refractivity contribution < 1.29 is 0 Å². The number of H-pyrrole nitrogens is 1. The molecule has 20 heavy (non-hydrogen) atoms. The van der Waals surface area contributed by atoms with Crippen molar-refractivity contribution in [2.24, 2.45) is 0 Å². The van der Waals surface area contributed by atoms with Gasteiger partial charge in [0, 0.05) is 50.5 Å². The van der Waals surface area contributed by atoms with E-state index in [1.165, 1.54) is 24.2 Å². The standard InChI is InChI=1S/C16H22N4/c1-2-4-14(5-3-1)11-20-9-7-16(12-20)18-8-6-15-10-17-13-19-15/h1-5,10,13,16,18H,6-9,11-12H2,(H,17,19). The van der Waals surface area contributed by atoms with Crippen molar-refractivity contribution in [1.82, 2.24) is 20.2 Å². The van der Waals surface area contributed by atoms with Gasteiger partial charge in [0.25, 0.3) is 0 Å². The lowest BCUT2D eigenvalue weighted by Gasteiger charge is -2.16. The molecule has 1 aromatic carbocycles. The van der Waals surface area contributed by atoms with E-state index in [1.807, 2.05) is 6.20 Å². The molecule has 0 saturated carbocycles. The van der Waals surface area contributed by atoms with Crippen molar-refractivity contribution >= 4 is 0 Å². The average molecular weight is 270 g/mol. The van der Waals surface area contributed by atoms with Gasteiger partial charge < -0.3 is 10.3 Å². The third-order valence-corrected chi connectivity index (χ3v) is 3.90. The van der Waals surface area contributed by atoms with Gasteiger partial charge in [-0.1, -0.05) is 30.3 Å². The van der Waals surface area contributed by atoms with Crippen molar-refractivity contribution in [2.45, 2.75) is 25.4 Å². The average Bonchev–Trinajstić information content (AvgIpc) is 3.12. The molecule has 0 aliphatic carbocycles. The van der Waals surface area contributed by atoms with E-state index in [2.05, 4.69) is 50.5 Å². The highest BCUT2D eigenvalue weighted by atomic mass is 15.2. The van der Waals surface area contributed by atoms with Crippen LogP contribution in [0, 0.1) is 0 Å². The minimum Gasteiger partial charge on any atom is -0.348 e. The molecule has 2 aromatic rings. The van der Waals surface area contributed by atoms with Crippen LogP contribution in [0.5, 0.6) is 0 Å². The monoisotopic (exact) mass is 270 g/mol. The van der Waals surface area contributed by atoms with Crippen molar-refractivity contribution in [3.05, 3.63) is 54.1 Å². The predicted molar refractivity (Wildman–Crippen MR) is 80.4 cm³/mol.